The van der Waals surface area contributed by atoms with Gasteiger partial charge in [0.25, 0.3) is 0 Å². The Hall–Kier alpha value is -3.46. The fourth-order valence-electron chi connectivity index (χ4n) is 3.16. The first-order valence-electron chi connectivity index (χ1n) is 9.29. The topological polar surface area (TPSA) is 84.1 Å². The molecule has 0 aliphatic rings. The second-order valence-corrected chi connectivity index (χ2v) is 8.00. The second kappa shape index (κ2) is 8.11. The molecule has 8 nitrogen and oxygen atoms in total. The third-order valence-corrected chi connectivity index (χ3v) is 5.69. The Morgan fingerprint density at radius 1 is 1.10 bits per heavy atom. The zero-order chi connectivity index (χ0) is 21.3. The third-order valence-electron chi connectivity index (χ3n) is 4.73. The standard InChI is InChI=1S/C21H21N5O3S/c1-13-10-15(20-11-22-14(2)30-20)8-9-18(13)29-12-16-17(6-5-7-19(16)28-4)26-21(27)25(3)23-24-26/h5-11H,12H2,1-4H3. The Bertz CT molecular complexity index is 1260. The first kappa shape index (κ1) is 19.8. The van der Waals surface area contributed by atoms with Gasteiger partial charge in [0.1, 0.15) is 18.1 Å². The molecule has 4 aromatic rings. The fourth-order valence-corrected chi connectivity index (χ4v) is 3.94. The minimum Gasteiger partial charge on any atom is -0.496 e. The van der Waals surface area contributed by atoms with Crippen LogP contribution in [0.4, 0.5) is 0 Å². The number of aryl methyl sites for hydroxylation is 3. The van der Waals surface area contributed by atoms with Crippen LogP contribution in [0.15, 0.2) is 47.4 Å². The highest BCUT2D eigenvalue weighted by Crippen LogP contribution is 2.31. The van der Waals surface area contributed by atoms with E-state index in [0.717, 1.165) is 26.8 Å². The van der Waals surface area contributed by atoms with E-state index in [0.29, 0.717) is 17.0 Å². The smallest absolute Gasteiger partial charge is 0.368 e. The number of nitrogens with zero attached hydrogens (tertiary/aromatic N) is 5. The summed E-state index contributed by atoms with van der Waals surface area (Å²) in [6.07, 6.45) is 1.88. The van der Waals surface area contributed by atoms with Crippen molar-refractivity contribution in [2.24, 2.45) is 7.05 Å². The fraction of sp³-hybridized carbons (Fsp3) is 0.238. The lowest BCUT2D eigenvalue weighted by atomic mass is 10.1. The molecule has 0 N–H and O–H groups in total. The van der Waals surface area contributed by atoms with Crippen LogP contribution in [0.25, 0.3) is 16.1 Å². The van der Waals surface area contributed by atoms with Crippen molar-refractivity contribution < 1.29 is 9.47 Å². The molecule has 0 atom stereocenters. The Morgan fingerprint density at radius 2 is 1.93 bits per heavy atom. The minimum atomic E-state index is -0.343. The Kier molecular flexibility index (Phi) is 5.37. The molecule has 0 saturated carbocycles. The van der Waals surface area contributed by atoms with Gasteiger partial charge in [0.05, 0.1) is 28.2 Å². The summed E-state index contributed by atoms with van der Waals surface area (Å²) in [5.74, 6) is 1.36. The molecular weight excluding hydrogens is 402 g/mol. The van der Waals surface area contributed by atoms with Gasteiger partial charge in [0.2, 0.25) is 0 Å². The van der Waals surface area contributed by atoms with Gasteiger partial charge in [0.15, 0.2) is 0 Å². The van der Waals surface area contributed by atoms with Crippen molar-refractivity contribution in [2.75, 3.05) is 7.11 Å². The van der Waals surface area contributed by atoms with Gasteiger partial charge in [-0.2, -0.15) is 9.36 Å². The molecule has 0 spiro atoms. The first-order valence-corrected chi connectivity index (χ1v) is 10.1. The third kappa shape index (κ3) is 3.71. The molecule has 0 aliphatic heterocycles. The molecule has 0 amide bonds. The van der Waals surface area contributed by atoms with Crippen LogP contribution in [0, 0.1) is 13.8 Å². The van der Waals surface area contributed by atoms with Crippen molar-refractivity contribution in [3.8, 4) is 27.6 Å². The number of rotatable bonds is 6. The average molecular weight is 423 g/mol. The van der Waals surface area contributed by atoms with E-state index < -0.39 is 0 Å². The number of benzene rings is 2. The molecule has 9 heteroatoms. The van der Waals surface area contributed by atoms with Crippen LogP contribution in [0.1, 0.15) is 16.1 Å². The number of hydrogen-bond acceptors (Lipinski definition) is 7. The van der Waals surface area contributed by atoms with Crippen LogP contribution in [0.5, 0.6) is 11.5 Å². The summed E-state index contributed by atoms with van der Waals surface area (Å²) in [5, 5.41) is 8.77. The molecule has 0 bridgehead atoms. The normalized spacial score (nSPS) is 10.9. The van der Waals surface area contributed by atoms with E-state index in [9.17, 15) is 4.79 Å². The van der Waals surface area contributed by atoms with Crippen LogP contribution >= 0.6 is 11.3 Å². The quantitative estimate of drug-likeness (QED) is 0.473. The van der Waals surface area contributed by atoms with E-state index >= 15 is 0 Å². The second-order valence-electron chi connectivity index (χ2n) is 6.77. The van der Waals surface area contributed by atoms with Gasteiger partial charge >= 0.3 is 5.69 Å². The van der Waals surface area contributed by atoms with E-state index in [1.54, 1.807) is 37.6 Å². The van der Waals surface area contributed by atoms with Crippen molar-refractivity contribution in [1.82, 2.24) is 24.8 Å². The van der Waals surface area contributed by atoms with Crippen molar-refractivity contribution in [3.63, 3.8) is 0 Å². The summed E-state index contributed by atoms with van der Waals surface area (Å²) < 4.78 is 14.0. The van der Waals surface area contributed by atoms with E-state index in [2.05, 4.69) is 21.5 Å². The summed E-state index contributed by atoms with van der Waals surface area (Å²) in [7, 11) is 3.14. The number of ether oxygens (including phenoxy) is 2. The lowest BCUT2D eigenvalue weighted by Gasteiger charge is -2.15. The largest absolute Gasteiger partial charge is 0.496 e. The first-order chi connectivity index (χ1) is 14.5. The van der Waals surface area contributed by atoms with Crippen LogP contribution < -0.4 is 15.2 Å². The SMILES string of the molecule is COc1cccc(-n2nnn(C)c2=O)c1COc1ccc(-c2cnc(C)s2)cc1C. The predicted octanol–water partition coefficient (Wildman–Crippen LogP) is 3.29. The van der Waals surface area contributed by atoms with Crippen LogP contribution in [-0.2, 0) is 13.7 Å². The van der Waals surface area contributed by atoms with E-state index in [1.165, 1.54) is 9.36 Å². The molecule has 4 rings (SSSR count). The lowest BCUT2D eigenvalue weighted by molar-refractivity contribution is 0.294. The summed E-state index contributed by atoms with van der Waals surface area (Å²) >= 11 is 1.66. The molecule has 0 aliphatic carbocycles. The maximum atomic E-state index is 12.3. The molecule has 0 fully saturated rings. The minimum absolute atomic E-state index is 0.211. The highest BCUT2D eigenvalue weighted by atomic mass is 32.1. The average Bonchev–Trinajstić information content (AvgIpc) is 3.32. The molecule has 0 unspecified atom stereocenters. The number of tetrazole rings is 1. The van der Waals surface area contributed by atoms with E-state index in [-0.39, 0.29) is 12.3 Å². The highest BCUT2D eigenvalue weighted by Gasteiger charge is 2.16. The molecule has 154 valence electrons. The van der Waals surface area contributed by atoms with Gasteiger partial charge in [0, 0.05) is 13.2 Å². The van der Waals surface area contributed by atoms with Crippen LogP contribution in [-0.4, -0.2) is 31.9 Å². The van der Waals surface area contributed by atoms with Crippen molar-refractivity contribution >= 4 is 11.3 Å². The maximum absolute atomic E-state index is 12.3. The summed E-state index contributed by atoms with van der Waals surface area (Å²) in [5.41, 5.74) is 3.05. The van der Waals surface area contributed by atoms with Crippen molar-refractivity contribution in [1.29, 1.82) is 0 Å². The van der Waals surface area contributed by atoms with Crippen LogP contribution in [0.2, 0.25) is 0 Å². The monoisotopic (exact) mass is 423 g/mol. The van der Waals surface area contributed by atoms with Gasteiger partial charge in [-0.15, -0.1) is 11.3 Å². The molecular formula is C21H21N5O3S. The van der Waals surface area contributed by atoms with Crippen molar-refractivity contribution in [3.05, 3.63) is 69.2 Å². The van der Waals surface area contributed by atoms with E-state index in [4.69, 9.17) is 9.47 Å². The van der Waals surface area contributed by atoms with Crippen molar-refractivity contribution in [2.45, 2.75) is 20.5 Å². The summed E-state index contributed by atoms with van der Waals surface area (Å²) in [4.78, 5) is 17.8. The number of hydrogen-bond donors (Lipinski definition) is 0. The Morgan fingerprint density at radius 3 is 2.57 bits per heavy atom. The molecule has 0 saturated heterocycles. The van der Waals surface area contributed by atoms with Gasteiger partial charge in [-0.1, -0.05) is 6.07 Å². The predicted molar refractivity (Wildman–Crippen MR) is 115 cm³/mol. The van der Waals surface area contributed by atoms with Crippen LogP contribution in [0.3, 0.4) is 0 Å². The van der Waals surface area contributed by atoms with E-state index in [1.807, 2.05) is 38.2 Å². The Balaban J connectivity index is 1.64. The van der Waals surface area contributed by atoms with Gasteiger partial charge in [-0.25, -0.2) is 9.78 Å². The molecule has 0 radical (unpaired) electrons. The Labute approximate surface area is 177 Å². The van der Waals surface area contributed by atoms with Gasteiger partial charge < -0.3 is 9.47 Å². The molecule has 2 aromatic carbocycles. The molecule has 2 aromatic heterocycles. The summed E-state index contributed by atoms with van der Waals surface area (Å²) in [6, 6.07) is 11.5. The zero-order valence-electron chi connectivity index (χ0n) is 17.1. The maximum Gasteiger partial charge on any atom is 0.368 e. The van der Waals surface area contributed by atoms with Gasteiger partial charge in [-0.3, -0.25) is 0 Å². The zero-order valence-corrected chi connectivity index (χ0v) is 17.9. The number of thiazole rings is 1. The molecule has 30 heavy (non-hydrogen) atoms. The van der Waals surface area contributed by atoms with Gasteiger partial charge in [-0.05, 0) is 65.7 Å². The summed E-state index contributed by atoms with van der Waals surface area (Å²) in [6.45, 7) is 4.21. The highest BCUT2D eigenvalue weighted by molar-refractivity contribution is 7.15. The number of methoxy groups -OCH3 is 1. The molecule has 2 heterocycles. The number of aromatic nitrogens is 5. The lowest BCUT2D eigenvalue weighted by Crippen LogP contribution is -2.23.